The second-order valence-corrected chi connectivity index (χ2v) is 14.7. The molecular formula is C33H44N9O6P. The number of anilines is 1. The number of hydrogen-bond donors (Lipinski definition) is 2. The lowest BCUT2D eigenvalue weighted by Crippen LogP contribution is -2.48. The highest BCUT2D eigenvalue weighted by Crippen LogP contribution is 2.39. The van der Waals surface area contributed by atoms with Gasteiger partial charge in [0, 0.05) is 44.4 Å². The van der Waals surface area contributed by atoms with Gasteiger partial charge in [-0.2, -0.15) is 4.98 Å². The molecule has 0 amide bonds. The second-order valence-electron chi connectivity index (χ2n) is 12.5. The Bertz CT molecular complexity index is 2090. The fourth-order valence-corrected chi connectivity index (χ4v) is 8.23. The maximum atomic E-state index is 14.1. The van der Waals surface area contributed by atoms with Gasteiger partial charge in [0.05, 0.1) is 24.7 Å². The zero-order valence-electron chi connectivity index (χ0n) is 29.0. The number of fused-ring (bicyclic) bond motifs is 2. The zero-order valence-corrected chi connectivity index (χ0v) is 29.9. The maximum absolute atomic E-state index is 14.1. The monoisotopic (exact) mass is 693 g/mol. The molecule has 1 saturated heterocycles. The summed E-state index contributed by atoms with van der Waals surface area (Å²) in [6.07, 6.45) is 0.965. The molecule has 2 N–H and O–H groups in total. The molecule has 0 radical (unpaired) electrons. The van der Waals surface area contributed by atoms with E-state index in [9.17, 15) is 18.9 Å². The minimum absolute atomic E-state index is 0.117. The maximum Gasteiger partial charge on any atom is 0.332 e. The molecule has 5 rings (SSSR count). The molecule has 49 heavy (non-hydrogen) atoms. The lowest BCUT2D eigenvalue weighted by Gasteiger charge is -2.36. The van der Waals surface area contributed by atoms with Crippen LogP contribution in [-0.2, 0) is 39.0 Å². The number of nitrogens with one attached hydrogen (secondary N) is 2. The van der Waals surface area contributed by atoms with Gasteiger partial charge in [0.2, 0.25) is 13.4 Å². The Balaban J connectivity index is 1.49. The molecule has 262 valence electrons. The summed E-state index contributed by atoms with van der Waals surface area (Å²) in [6, 6.07) is 6.47. The van der Waals surface area contributed by atoms with Crippen molar-refractivity contribution in [3.8, 4) is 11.8 Å². The second kappa shape index (κ2) is 15.0. The molecule has 16 heteroatoms. The first-order chi connectivity index (χ1) is 23.4. The summed E-state index contributed by atoms with van der Waals surface area (Å²) < 4.78 is 28.8. The first-order valence-electron chi connectivity index (χ1n) is 16.3. The molecule has 0 spiro atoms. The molecular weight excluding hydrogens is 649 g/mol. The third-order valence-corrected chi connectivity index (χ3v) is 10.5. The van der Waals surface area contributed by atoms with E-state index >= 15 is 0 Å². The standard InChI is InChI=1S/C33H44N9O6P/c1-8-9-17-41-28-29(39(6)33(45)42(30(28)43)19-27-34-22(4)25-14-10-11-15-26(25)35-27)36-32(41)40-16-12-13-24(18-40)38-49(46,20-47-7)37-23(5)31(44)48-21(2)3/h10-11,14-15,21,23-24H,12-13,16-20H2,1-7H3,(H2,37,38,46)/t23?,24-,49?/m1/s1. The number of ether oxygens (including phenoxy) is 2. The van der Waals surface area contributed by atoms with Crippen molar-refractivity contribution in [2.75, 3.05) is 31.4 Å². The number of hydrogen-bond acceptors (Lipinski definition) is 10. The Morgan fingerprint density at radius 1 is 1.14 bits per heavy atom. The summed E-state index contributed by atoms with van der Waals surface area (Å²) in [5.41, 5.74) is 0.878. The molecule has 15 nitrogen and oxygen atoms in total. The van der Waals surface area contributed by atoms with Crippen molar-refractivity contribution in [3.05, 3.63) is 56.6 Å². The van der Waals surface area contributed by atoms with E-state index in [-0.39, 0.29) is 42.7 Å². The number of imidazole rings is 1. The molecule has 1 aliphatic rings. The molecule has 0 saturated carbocycles. The normalized spacial score (nSPS) is 16.8. The minimum atomic E-state index is -3.41. The summed E-state index contributed by atoms with van der Waals surface area (Å²) in [5, 5.41) is 7.04. The van der Waals surface area contributed by atoms with Crippen molar-refractivity contribution in [2.45, 2.75) is 78.7 Å². The Kier molecular flexibility index (Phi) is 11.0. The van der Waals surface area contributed by atoms with Crippen molar-refractivity contribution in [2.24, 2.45) is 7.05 Å². The molecule has 2 unspecified atom stereocenters. The van der Waals surface area contributed by atoms with Crippen LogP contribution in [0.15, 0.2) is 33.9 Å². The lowest BCUT2D eigenvalue weighted by atomic mass is 10.1. The summed E-state index contributed by atoms with van der Waals surface area (Å²) in [6.45, 7) is 9.72. The average Bonchev–Trinajstić information content (AvgIpc) is 3.44. The summed E-state index contributed by atoms with van der Waals surface area (Å²) in [5.74, 6) is 6.24. The molecule has 3 atom stereocenters. The van der Waals surface area contributed by atoms with E-state index in [0.717, 1.165) is 27.6 Å². The SMILES string of the molecule is CC#CCn1c(N2CCC[C@@H](NP(=O)(COC)NC(C)C(=O)OC(C)C)C2)nc2c1c(=O)n(Cc1nc(C)c3ccccc3n1)c(=O)n2C. The van der Waals surface area contributed by atoms with Crippen LogP contribution in [0.4, 0.5) is 5.95 Å². The lowest BCUT2D eigenvalue weighted by molar-refractivity contribution is -0.148. The van der Waals surface area contributed by atoms with E-state index in [1.165, 1.54) is 11.7 Å². The molecule has 0 bridgehead atoms. The first kappa shape index (κ1) is 35.9. The Labute approximate surface area is 284 Å². The van der Waals surface area contributed by atoms with Gasteiger partial charge in [0.15, 0.2) is 11.2 Å². The zero-order chi connectivity index (χ0) is 35.5. The highest BCUT2D eigenvalue weighted by molar-refractivity contribution is 7.59. The van der Waals surface area contributed by atoms with Crippen molar-refractivity contribution in [1.82, 2.24) is 38.8 Å². The fourth-order valence-electron chi connectivity index (χ4n) is 6.11. The van der Waals surface area contributed by atoms with Gasteiger partial charge < -0.3 is 14.4 Å². The van der Waals surface area contributed by atoms with Crippen LogP contribution >= 0.6 is 7.44 Å². The van der Waals surface area contributed by atoms with E-state index in [4.69, 9.17) is 14.5 Å². The van der Waals surface area contributed by atoms with Gasteiger partial charge in [-0.15, -0.1) is 5.92 Å². The van der Waals surface area contributed by atoms with Crippen molar-refractivity contribution < 1.29 is 18.8 Å². The number of piperidine rings is 1. The number of nitrogens with zero attached hydrogens (tertiary/aromatic N) is 7. The number of rotatable bonds is 12. The Morgan fingerprint density at radius 2 is 1.90 bits per heavy atom. The van der Waals surface area contributed by atoms with Crippen LogP contribution in [0, 0.1) is 18.8 Å². The van der Waals surface area contributed by atoms with E-state index in [2.05, 4.69) is 32.0 Å². The van der Waals surface area contributed by atoms with E-state index < -0.39 is 30.7 Å². The number of para-hydroxylation sites is 1. The third-order valence-electron chi connectivity index (χ3n) is 8.28. The first-order valence-corrected chi connectivity index (χ1v) is 18.2. The number of benzene rings is 1. The van der Waals surface area contributed by atoms with Crippen molar-refractivity contribution >= 4 is 41.4 Å². The van der Waals surface area contributed by atoms with Crippen LogP contribution < -0.4 is 26.3 Å². The third kappa shape index (κ3) is 7.78. The quantitative estimate of drug-likeness (QED) is 0.127. The number of esters is 1. The van der Waals surface area contributed by atoms with Gasteiger partial charge in [-0.3, -0.25) is 27.9 Å². The van der Waals surface area contributed by atoms with Gasteiger partial charge in [-0.1, -0.05) is 24.1 Å². The Hall–Kier alpha value is -4.35. The van der Waals surface area contributed by atoms with E-state index in [1.54, 1.807) is 39.3 Å². The predicted molar refractivity (Wildman–Crippen MR) is 188 cm³/mol. The van der Waals surface area contributed by atoms with Gasteiger partial charge in [-0.25, -0.2) is 24.9 Å². The molecule has 0 aliphatic carbocycles. The van der Waals surface area contributed by atoms with Crippen LogP contribution in [0.3, 0.4) is 0 Å². The number of aromatic nitrogens is 6. The molecule has 4 aromatic rings. The van der Waals surface area contributed by atoms with Gasteiger partial charge in [0.1, 0.15) is 18.2 Å². The number of carbonyl (C=O) groups is 1. The van der Waals surface area contributed by atoms with Crippen LogP contribution in [0.5, 0.6) is 0 Å². The van der Waals surface area contributed by atoms with E-state index in [1.807, 2.05) is 36.1 Å². The fraction of sp³-hybridized carbons (Fsp3) is 0.515. The smallest absolute Gasteiger partial charge is 0.332 e. The van der Waals surface area contributed by atoms with Crippen LogP contribution in [-0.4, -0.2) is 79.4 Å². The topological polar surface area (TPSA) is 168 Å². The number of aryl methyl sites for hydroxylation is 2. The molecule has 1 aliphatic heterocycles. The number of carbonyl (C=O) groups excluding carboxylic acids is 1. The minimum Gasteiger partial charge on any atom is -0.462 e. The van der Waals surface area contributed by atoms with Crippen molar-refractivity contribution in [1.29, 1.82) is 0 Å². The largest absolute Gasteiger partial charge is 0.462 e. The number of methoxy groups -OCH3 is 1. The average molecular weight is 694 g/mol. The highest BCUT2D eigenvalue weighted by atomic mass is 31.2. The molecule has 4 heterocycles. The van der Waals surface area contributed by atoms with Gasteiger partial charge >= 0.3 is 11.7 Å². The van der Waals surface area contributed by atoms with Gasteiger partial charge in [-0.05, 0) is 53.5 Å². The van der Waals surface area contributed by atoms with Crippen LogP contribution in [0.1, 0.15) is 52.1 Å². The van der Waals surface area contributed by atoms with Crippen molar-refractivity contribution in [3.63, 3.8) is 0 Å². The van der Waals surface area contributed by atoms with Crippen LogP contribution in [0.25, 0.3) is 22.1 Å². The van der Waals surface area contributed by atoms with E-state index in [0.29, 0.717) is 31.3 Å². The van der Waals surface area contributed by atoms with Crippen LogP contribution in [0.2, 0.25) is 0 Å². The summed E-state index contributed by atoms with van der Waals surface area (Å²) in [7, 11) is -0.380. The molecule has 1 aromatic carbocycles. The summed E-state index contributed by atoms with van der Waals surface area (Å²) >= 11 is 0. The Morgan fingerprint density at radius 3 is 2.61 bits per heavy atom. The molecule has 1 fully saturated rings. The highest BCUT2D eigenvalue weighted by Gasteiger charge is 2.34. The molecule has 3 aromatic heterocycles. The van der Waals surface area contributed by atoms with Gasteiger partial charge in [0.25, 0.3) is 5.56 Å². The predicted octanol–water partition coefficient (Wildman–Crippen LogP) is 2.51. The summed E-state index contributed by atoms with van der Waals surface area (Å²) in [4.78, 5) is 56.3.